The van der Waals surface area contributed by atoms with E-state index in [1.165, 1.54) is 6.20 Å². The van der Waals surface area contributed by atoms with Crippen molar-refractivity contribution in [3.8, 4) is 6.07 Å². The third-order valence-electron chi connectivity index (χ3n) is 2.45. The van der Waals surface area contributed by atoms with Gasteiger partial charge in [0.05, 0.1) is 21.5 Å². The van der Waals surface area contributed by atoms with Gasteiger partial charge in [-0.3, -0.25) is 0 Å². The summed E-state index contributed by atoms with van der Waals surface area (Å²) < 4.78 is 24.8. The van der Waals surface area contributed by atoms with E-state index >= 15 is 0 Å². The van der Waals surface area contributed by atoms with Crippen molar-refractivity contribution in [3.63, 3.8) is 0 Å². The molecule has 0 radical (unpaired) electrons. The van der Waals surface area contributed by atoms with Gasteiger partial charge in [-0.25, -0.2) is 8.42 Å². The molecule has 2 rings (SSSR count). The molecule has 0 saturated heterocycles. The van der Waals surface area contributed by atoms with Gasteiger partial charge in [-0.2, -0.15) is 5.26 Å². The number of nitrogens with zero attached hydrogens (tertiary/aromatic N) is 2. The Morgan fingerprint density at radius 2 is 2.18 bits per heavy atom. The molecule has 0 fully saturated rings. The van der Waals surface area contributed by atoms with Crippen LogP contribution in [0.15, 0.2) is 29.3 Å². The molecule has 2 aromatic rings. The molecule has 0 unspecified atom stereocenters. The number of para-hydroxylation sites is 1. The van der Waals surface area contributed by atoms with Crippen LogP contribution in [0.2, 0.25) is 5.02 Å². The monoisotopic (exact) mass is 268 g/mol. The van der Waals surface area contributed by atoms with Crippen molar-refractivity contribution in [3.05, 3.63) is 29.4 Å². The summed E-state index contributed by atoms with van der Waals surface area (Å²) in [4.78, 5) is 0.199. The molecule has 0 saturated carbocycles. The predicted octanol–water partition coefficient (Wildman–Crippen LogP) is 2.22. The molecule has 4 nitrogen and oxygen atoms in total. The minimum absolute atomic E-state index is 0.0652. The van der Waals surface area contributed by atoms with Gasteiger partial charge in [0, 0.05) is 17.8 Å². The average molecular weight is 269 g/mol. The van der Waals surface area contributed by atoms with Crippen molar-refractivity contribution in [1.29, 1.82) is 5.26 Å². The number of hydrogen-bond donors (Lipinski definition) is 0. The average Bonchev–Trinajstić information content (AvgIpc) is 2.59. The Morgan fingerprint density at radius 1 is 1.47 bits per heavy atom. The van der Waals surface area contributed by atoms with Crippen molar-refractivity contribution in [2.24, 2.45) is 0 Å². The van der Waals surface area contributed by atoms with Gasteiger partial charge in [-0.15, -0.1) is 0 Å². The van der Waals surface area contributed by atoms with E-state index in [0.29, 0.717) is 15.9 Å². The summed E-state index contributed by atoms with van der Waals surface area (Å²) in [6.45, 7) is 0.0652. The van der Waals surface area contributed by atoms with Gasteiger partial charge in [-0.05, 0) is 6.07 Å². The van der Waals surface area contributed by atoms with Crippen molar-refractivity contribution in [2.75, 3.05) is 6.26 Å². The quantitative estimate of drug-likeness (QED) is 0.839. The summed E-state index contributed by atoms with van der Waals surface area (Å²) in [5.74, 6) is 0. The lowest BCUT2D eigenvalue weighted by molar-refractivity contribution is 0.602. The Hall–Kier alpha value is -1.51. The summed E-state index contributed by atoms with van der Waals surface area (Å²) in [6.07, 6.45) is 2.59. The predicted molar refractivity (Wildman–Crippen MR) is 65.7 cm³/mol. The Balaban J connectivity index is 2.91. The molecule has 0 bridgehead atoms. The molecule has 0 atom stereocenters. The maximum Gasteiger partial charge on any atom is 0.177 e. The zero-order valence-electron chi connectivity index (χ0n) is 9.01. The van der Waals surface area contributed by atoms with Gasteiger partial charge >= 0.3 is 0 Å². The number of rotatable bonds is 2. The number of halogens is 1. The molecule has 0 aliphatic rings. The molecule has 0 N–H and O–H groups in total. The summed E-state index contributed by atoms with van der Waals surface area (Å²) in [5, 5.41) is 9.71. The van der Waals surface area contributed by atoms with Gasteiger partial charge in [0.2, 0.25) is 0 Å². The third-order valence-corrected chi connectivity index (χ3v) is 3.88. The smallest absolute Gasteiger partial charge is 0.177 e. The maximum atomic E-state index is 11.6. The summed E-state index contributed by atoms with van der Waals surface area (Å²) in [5.41, 5.74) is 0.580. The summed E-state index contributed by atoms with van der Waals surface area (Å²) in [6, 6.07) is 7.02. The SMILES string of the molecule is CS(=O)(=O)c1cn(CC#N)c2c(Cl)cccc12. The Labute approximate surface area is 104 Å². The summed E-state index contributed by atoms with van der Waals surface area (Å²) >= 11 is 6.04. The van der Waals surface area contributed by atoms with E-state index in [0.717, 1.165) is 6.26 Å². The lowest BCUT2D eigenvalue weighted by Crippen LogP contribution is -1.96. The normalized spacial score (nSPS) is 11.6. The molecule has 1 aromatic heterocycles. The van der Waals surface area contributed by atoms with E-state index < -0.39 is 9.84 Å². The van der Waals surface area contributed by atoms with Gasteiger partial charge in [0.25, 0.3) is 0 Å². The Kier molecular flexibility index (Phi) is 2.86. The highest BCUT2D eigenvalue weighted by Crippen LogP contribution is 2.30. The van der Waals surface area contributed by atoms with E-state index in [-0.39, 0.29) is 11.4 Å². The highest BCUT2D eigenvalue weighted by atomic mass is 35.5. The number of benzene rings is 1. The van der Waals surface area contributed by atoms with Crippen molar-refractivity contribution < 1.29 is 8.42 Å². The molecule has 0 amide bonds. The van der Waals surface area contributed by atoms with Crippen LogP contribution in [0.25, 0.3) is 10.9 Å². The van der Waals surface area contributed by atoms with E-state index in [9.17, 15) is 8.42 Å². The van der Waals surface area contributed by atoms with E-state index in [1.54, 1.807) is 22.8 Å². The highest BCUT2D eigenvalue weighted by molar-refractivity contribution is 7.91. The molecular weight excluding hydrogens is 260 g/mol. The van der Waals surface area contributed by atoms with Crippen LogP contribution < -0.4 is 0 Å². The van der Waals surface area contributed by atoms with Crippen molar-refractivity contribution in [1.82, 2.24) is 4.57 Å². The lowest BCUT2D eigenvalue weighted by atomic mass is 10.2. The number of hydrogen-bond acceptors (Lipinski definition) is 3. The van der Waals surface area contributed by atoms with Crippen molar-refractivity contribution >= 4 is 32.3 Å². The first-order valence-electron chi connectivity index (χ1n) is 4.79. The number of aromatic nitrogens is 1. The first kappa shape index (κ1) is 12.0. The minimum atomic E-state index is -3.33. The van der Waals surface area contributed by atoms with E-state index in [1.807, 2.05) is 6.07 Å². The second-order valence-corrected chi connectivity index (χ2v) is 6.08. The minimum Gasteiger partial charge on any atom is -0.331 e. The van der Waals surface area contributed by atoms with Crippen LogP contribution in [0.4, 0.5) is 0 Å². The third kappa shape index (κ3) is 2.02. The van der Waals surface area contributed by atoms with Gasteiger partial charge < -0.3 is 4.57 Å². The Bertz CT molecular complexity index is 726. The largest absolute Gasteiger partial charge is 0.331 e. The molecule has 1 heterocycles. The Morgan fingerprint density at radius 3 is 2.76 bits per heavy atom. The van der Waals surface area contributed by atoms with Gasteiger partial charge in [0.15, 0.2) is 9.84 Å². The standard InChI is InChI=1S/C11H9ClN2O2S/c1-17(15,16)10-7-14(6-5-13)11-8(10)3-2-4-9(11)12/h2-4,7H,6H2,1H3. The second-order valence-electron chi connectivity index (χ2n) is 3.69. The molecule has 0 aliphatic carbocycles. The molecule has 1 aromatic carbocycles. The van der Waals surface area contributed by atoms with Crippen LogP contribution in [-0.2, 0) is 16.4 Å². The number of nitriles is 1. The fourth-order valence-electron chi connectivity index (χ4n) is 1.78. The van der Waals surface area contributed by atoms with Crippen LogP contribution in [0.5, 0.6) is 0 Å². The molecular formula is C11H9ClN2O2S. The highest BCUT2D eigenvalue weighted by Gasteiger charge is 2.17. The molecule has 17 heavy (non-hydrogen) atoms. The van der Waals surface area contributed by atoms with Gasteiger partial charge in [-0.1, -0.05) is 23.7 Å². The van der Waals surface area contributed by atoms with Crippen LogP contribution in [0, 0.1) is 11.3 Å². The van der Waals surface area contributed by atoms with E-state index in [2.05, 4.69) is 0 Å². The molecule has 88 valence electrons. The maximum absolute atomic E-state index is 11.6. The first-order chi connectivity index (χ1) is 7.95. The fourth-order valence-corrected chi connectivity index (χ4v) is 2.94. The van der Waals surface area contributed by atoms with Crippen LogP contribution in [-0.4, -0.2) is 19.2 Å². The molecule has 0 aliphatic heterocycles. The van der Waals surface area contributed by atoms with Crippen molar-refractivity contribution in [2.45, 2.75) is 11.4 Å². The fraction of sp³-hybridized carbons (Fsp3) is 0.182. The topological polar surface area (TPSA) is 62.9 Å². The zero-order chi connectivity index (χ0) is 12.6. The number of sulfone groups is 1. The van der Waals surface area contributed by atoms with Crippen LogP contribution >= 0.6 is 11.6 Å². The number of fused-ring (bicyclic) bond motifs is 1. The first-order valence-corrected chi connectivity index (χ1v) is 7.06. The van der Waals surface area contributed by atoms with E-state index in [4.69, 9.17) is 16.9 Å². The van der Waals surface area contributed by atoms with Gasteiger partial charge in [0.1, 0.15) is 6.54 Å². The molecule has 6 heteroatoms. The lowest BCUT2D eigenvalue weighted by Gasteiger charge is -2.00. The molecule has 0 spiro atoms. The zero-order valence-corrected chi connectivity index (χ0v) is 10.6. The summed E-state index contributed by atoms with van der Waals surface area (Å²) in [7, 11) is -3.33. The van der Waals surface area contributed by atoms with Crippen LogP contribution in [0.3, 0.4) is 0 Å². The van der Waals surface area contributed by atoms with Crippen LogP contribution in [0.1, 0.15) is 0 Å². The second kappa shape index (κ2) is 4.06.